The van der Waals surface area contributed by atoms with Crippen LogP contribution in [0.25, 0.3) is 0 Å². The van der Waals surface area contributed by atoms with Gasteiger partial charge in [0.2, 0.25) is 0 Å². The number of nitrogens with one attached hydrogen (secondary N) is 1. The highest BCUT2D eigenvalue weighted by Crippen LogP contribution is 2.26. The summed E-state index contributed by atoms with van der Waals surface area (Å²) in [5.41, 5.74) is 4.55. The molecule has 0 radical (unpaired) electrons. The van der Waals surface area contributed by atoms with E-state index in [9.17, 15) is 0 Å². The fourth-order valence-electron chi connectivity index (χ4n) is 1.99. The van der Waals surface area contributed by atoms with Gasteiger partial charge in [0.1, 0.15) is 0 Å². The molecule has 1 fully saturated rings. The number of rotatable bonds is 5. The van der Waals surface area contributed by atoms with Gasteiger partial charge in [0, 0.05) is 12.3 Å². The van der Waals surface area contributed by atoms with Crippen molar-refractivity contribution in [2.24, 2.45) is 11.0 Å². The van der Waals surface area contributed by atoms with Gasteiger partial charge >= 0.3 is 0 Å². The SMILES string of the molecule is CCCN/N=C(\CC)C1CCCC1. The van der Waals surface area contributed by atoms with Crippen LogP contribution in [0, 0.1) is 5.92 Å². The van der Waals surface area contributed by atoms with Gasteiger partial charge in [-0.25, -0.2) is 0 Å². The molecular formula is C11H22N2. The smallest absolute Gasteiger partial charge is 0.0406 e. The van der Waals surface area contributed by atoms with Gasteiger partial charge in [0.25, 0.3) is 0 Å². The van der Waals surface area contributed by atoms with Crippen LogP contribution in [0.15, 0.2) is 5.10 Å². The molecule has 13 heavy (non-hydrogen) atoms. The molecule has 0 aliphatic heterocycles. The third kappa shape index (κ3) is 3.37. The highest BCUT2D eigenvalue weighted by molar-refractivity contribution is 5.86. The highest BCUT2D eigenvalue weighted by Gasteiger charge is 2.19. The first kappa shape index (κ1) is 10.6. The molecule has 2 nitrogen and oxygen atoms in total. The predicted molar refractivity (Wildman–Crippen MR) is 58.0 cm³/mol. The van der Waals surface area contributed by atoms with Crippen molar-refractivity contribution >= 4 is 5.71 Å². The van der Waals surface area contributed by atoms with E-state index in [2.05, 4.69) is 24.4 Å². The third-order valence-electron chi connectivity index (χ3n) is 2.77. The van der Waals surface area contributed by atoms with Crippen LogP contribution >= 0.6 is 0 Å². The van der Waals surface area contributed by atoms with Crippen LogP contribution in [-0.2, 0) is 0 Å². The lowest BCUT2D eigenvalue weighted by Crippen LogP contribution is -2.16. The molecule has 1 aliphatic carbocycles. The zero-order valence-corrected chi connectivity index (χ0v) is 8.97. The molecular weight excluding hydrogens is 160 g/mol. The normalized spacial score (nSPS) is 19.4. The quantitative estimate of drug-likeness (QED) is 0.394. The minimum atomic E-state index is 0.786. The summed E-state index contributed by atoms with van der Waals surface area (Å²) in [5.74, 6) is 0.786. The van der Waals surface area contributed by atoms with Gasteiger partial charge in [-0.1, -0.05) is 26.7 Å². The lowest BCUT2D eigenvalue weighted by molar-refractivity contribution is 0.667. The Balaban J connectivity index is 2.35. The maximum atomic E-state index is 4.48. The summed E-state index contributed by atoms with van der Waals surface area (Å²) in [6, 6.07) is 0. The van der Waals surface area contributed by atoms with E-state index in [-0.39, 0.29) is 0 Å². The summed E-state index contributed by atoms with van der Waals surface area (Å²) in [6.07, 6.45) is 7.79. The van der Waals surface area contributed by atoms with Gasteiger partial charge in [-0.05, 0) is 31.6 Å². The molecule has 0 spiro atoms. The van der Waals surface area contributed by atoms with Gasteiger partial charge in [-0.3, -0.25) is 0 Å². The zero-order chi connectivity index (χ0) is 9.52. The monoisotopic (exact) mass is 182 g/mol. The number of hydrazone groups is 1. The van der Waals surface area contributed by atoms with Crippen molar-refractivity contribution in [3.8, 4) is 0 Å². The summed E-state index contributed by atoms with van der Waals surface area (Å²) >= 11 is 0. The van der Waals surface area contributed by atoms with Gasteiger partial charge in [0.15, 0.2) is 0 Å². The Morgan fingerprint density at radius 2 is 2.00 bits per heavy atom. The number of hydrogen-bond acceptors (Lipinski definition) is 2. The van der Waals surface area contributed by atoms with Crippen molar-refractivity contribution in [3.63, 3.8) is 0 Å². The van der Waals surface area contributed by atoms with Gasteiger partial charge in [-0.15, -0.1) is 0 Å². The minimum Gasteiger partial charge on any atom is -0.310 e. The lowest BCUT2D eigenvalue weighted by atomic mass is 10.00. The summed E-state index contributed by atoms with van der Waals surface area (Å²) in [7, 11) is 0. The molecule has 2 heteroatoms. The van der Waals surface area contributed by atoms with Crippen molar-refractivity contribution in [1.29, 1.82) is 0 Å². The standard InChI is InChI=1S/C11H22N2/c1-3-9-12-13-11(4-2)10-7-5-6-8-10/h10,12H,3-9H2,1-2H3/b13-11+. The van der Waals surface area contributed by atoms with Gasteiger partial charge in [-0.2, -0.15) is 5.10 Å². The van der Waals surface area contributed by atoms with Crippen LogP contribution in [-0.4, -0.2) is 12.3 Å². The van der Waals surface area contributed by atoms with Gasteiger partial charge < -0.3 is 5.43 Å². The highest BCUT2D eigenvalue weighted by atomic mass is 15.3. The van der Waals surface area contributed by atoms with E-state index in [1.54, 1.807) is 0 Å². The molecule has 0 aromatic heterocycles. The summed E-state index contributed by atoms with van der Waals surface area (Å²) in [4.78, 5) is 0. The molecule has 1 rings (SSSR count). The van der Waals surface area contributed by atoms with Crippen LogP contribution in [0.2, 0.25) is 0 Å². The first-order chi connectivity index (χ1) is 6.38. The van der Waals surface area contributed by atoms with Crippen molar-refractivity contribution in [2.75, 3.05) is 6.54 Å². The van der Waals surface area contributed by atoms with E-state index in [0.29, 0.717) is 0 Å². The molecule has 1 saturated carbocycles. The third-order valence-corrected chi connectivity index (χ3v) is 2.77. The van der Waals surface area contributed by atoms with Crippen molar-refractivity contribution in [1.82, 2.24) is 5.43 Å². The molecule has 0 saturated heterocycles. The molecule has 0 amide bonds. The minimum absolute atomic E-state index is 0.786. The molecule has 0 aromatic carbocycles. The van der Waals surface area contributed by atoms with Crippen LogP contribution in [0.5, 0.6) is 0 Å². The molecule has 76 valence electrons. The molecule has 1 N–H and O–H groups in total. The van der Waals surface area contributed by atoms with Crippen LogP contribution < -0.4 is 5.43 Å². The first-order valence-electron chi connectivity index (χ1n) is 5.67. The Morgan fingerprint density at radius 3 is 2.54 bits per heavy atom. The molecule has 0 unspecified atom stereocenters. The second-order valence-corrected chi connectivity index (χ2v) is 3.85. The molecule has 1 aliphatic rings. The Labute approximate surface area is 81.8 Å². The van der Waals surface area contributed by atoms with Gasteiger partial charge in [0.05, 0.1) is 0 Å². The molecule has 0 bridgehead atoms. The van der Waals surface area contributed by atoms with Crippen LogP contribution in [0.1, 0.15) is 52.4 Å². The lowest BCUT2D eigenvalue weighted by Gasteiger charge is -2.11. The fourth-order valence-corrected chi connectivity index (χ4v) is 1.99. The van der Waals surface area contributed by atoms with Crippen molar-refractivity contribution in [3.05, 3.63) is 0 Å². The van der Waals surface area contributed by atoms with Crippen LogP contribution in [0.3, 0.4) is 0 Å². The van der Waals surface area contributed by atoms with E-state index >= 15 is 0 Å². The predicted octanol–water partition coefficient (Wildman–Crippen LogP) is 2.94. The average Bonchev–Trinajstić information content (AvgIpc) is 2.65. The van der Waals surface area contributed by atoms with Crippen molar-refractivity contribution in [2.45, 2.75) is 52.4 Å². The van der Waals surface area contributed by atoms with Crippen LogP contribution in [0.4, 0.5) is 0 Å². The maximum absolute atomic E-state index is 4.48. The molecule has 0 atom stereocenters. The summed E-state index contributed by atoms with van der Waals surface area (Å²) in [6.45, 7) is 5.39. The summed E-state index contributed by atoms with van der Waals surface area (Å²) < 4.78 is 0. The second-order valence-electron chi connectivity index (χ2n) is 3.85. The summed E-state index contributed by atoms with van der Waals surface area (Å²) in [5, 5.41) is 4.48. The number of nitrogens with zero attached hydrogens (tertiary/aromatic N) is 1. The topological polar surface area (TPSA) is 24.4 Å². The largest absolute Gasteiger partial charge is 0.310 e. The maximum Gasteiger partial charge on any atom is 0.0406 e. The fraction of sp³-hybridized carbons (Fsp3) is 0.909. The van der Waals surface area contributed by atoms with E-state index < -0.39 is 0 Å². The van der Waals surface area contributed by atoms with E-state index in [0.717, 1.165) is 25.3 Å². The van der Waals surface area contributed by atoms with E-state index in [4.69, 9.17) is 0 Å². The second kappa shape index (κ2) is 6.01. The Bertz CT molecular complexity index is 157. The number of hydrogen-bond donors (Lipinski definition) is 1. The zero-order valence-electron chi connectivity index (χ0n) is 8.97. The van der Waals surface area contributed by atoms with E-state index in [1.165, 1.54) is 31.4 Å². The van der Waals surface area contributed by atoms with E-state index in [1.807, 2.05) is 0 Å². The first-order valence-corrected chi connectivity index (χ1v) is 5.67. The van der Waals surface area contributed by atoms with Crippen molar-refractivity contribution < 1.29 is 0 Å². The Kier molecular flexibility index (Phi) is 4.87. The molecule has 0 aromatic rings. The Morgan fingerprint density at radius 1 is 1.31 bits per heavy atom. The Hall–Kier alpha value is -0.530. The molecule has 0 heterocycles. The average molecular weight is 182 g/mol.